The predicted octanol–water partition coefficient (Wildman–Crippen LogP) is 4.20. The highest BCUT2D eigenvalue weighted by Crippen LogP contribution is 2.30. The number of rotatable bonds is 6. The number of ether oxygens (including phenoxy) is 1. The third-order valence-corrected chi connectivity index (χ3v) is 4.62. The van der Waals surface area contributed by atoms with Crippen molar-refractivity contribution in [2.24, 2.45) is 7.05 Å². The fraction of sp³-hybridized carbons (Fsp3) is 0.190. The molecule has 0 spiro atoms. The van der Waals surface area contributed by atoms with Crippen LogP contribution in [0, 0.1) is 11.3 Å². The number of hydrogen-bond donors (Lipinski definition) is 0. The summed E-state index contributed by atoms with van der Waals surface area (Å²) in [4.78, 5) is 3.70. The SMILES string of the molecule is Cn1ncc(-c2nnc(-c3ccc(CC#N)cc3)o2)c1COc1ccc(C(F)(F)F)cn1. The highest BCUT2D eigenvalue weighted by molar-refractivity contribution is 5.59. The summed E-state index contributed by atoms with van der Waals surface area (Å²) in [6.07, 6.45) is -1.91. The van der Waals surface area contributed by atoms with E-state index in [0.717, 1.165) is 17.7 Å². The summed E-state index contributed by atoms with van der Waals surface area (Å²) in [5.74, 6) is 0.547. The van der Waals surface area contributed by atoms with Gasteiger partial charge in [-0.2, -0.15) is 23.5 Å². The maximum atomic E-state index is 12.7. The molecule has 3 aromatic heterocycles. The molecule has 32 heavy (non-hydrogen) atoms. The molecular weight excluding hydrogens is 425 g/mol. The van der Waals surface area contributed by atoms with Gasteiger partial charge in [0.25, 0.3) is 5.89 Å². The smallest absolute Gasteiger partial charge is 0.417 e. The molecule has 0 fully saturated rings. The summed E-state index contributed by atoms with van der Waals surface area (Å²) in [5.41, 5.74) is 1.82. The van der Waals surface area contributed by atoms with Crippen LogP contribution in [-0.4, -0.2) is 25.0 Å². The second-order valence-corrected chi connectivity index (χ2v) is 6.74. The quantitative estimate of drug-likeness (QED) is 0.443. The molecule has 0 unspecified atom stereocenters. The number of nitriles is 1. The lowest BCUT2D eigenvalue weighted by atomic mass is 10.1. The number of hydrogen-bond acceptors (Lipinski definition) is 7. The average Bonchev–Trinajstić information content (AvgIpc) is 3.39. The Labute approximate surface area is 179 Å². The zero-order valence-corrected chi connectivity index (χ0v) is 16.7. The first-order valence-electron chi connectivity index (χ1n) is 9.32. The van der Waals surface area contributed by atoms with E-state index in [9.17, 15) is 13.2 Å². The molecule has 4 aromatic rings. The maximum Gasteiger partial charge on any atom is 0.417 e. The molecule has 0 atom stereocenters. The van der Waals surface area contributed by atoms with Crippen LogP contribution in [0.15, 0.2) is 53.2 Å². The van der Waals surface area contributed by atoms with Crippen LogP contribution < -0.4 is 4.74 Å². The van der Waals surface area contributed by atoms with E-state index in [1.165, 1.54) is 6.20 Å². The van der Waals surface area contributed by atoms with Gasteiger partial charge in [-0.25, -0.2) is 4.98 Å². The predicted molar refractivity (Wildman–Crippen MR) is 105 cm³/mol. The molecule has 0 N–H and O–H groups in total. The summed E-state index contributed by atoms with van der Waals surface area (Å²) < 4.78 is 50.9. The lowest BCUT2D eigenvalue weighted by Gasteiger charge is -2.09. The summed E-state index contributed by atoms with van der Waals surface area (Å²) >= 11 is 0. The Morgan fingerprint density at radius 3 is 2.47 bits per heavy atom. The van der Waals surface area contributed by atoms with Gasteiger partial charge in [0.1, 0.15) is 6.61 Å². The molecular formula is C21H15F3N6O2. The number of aromatic nitrogens is 5. The molecule has 1 aromatic carbocycles. The van der Waals surface area contributed by atoms with Gasteiger partial charge < -0.3 is 9.15 Å². The fourth-order valence-electron chi connectivity index (χ4n) is 2.89. The molecule has 3 heterocycles. The molecule has 162 valence electrons. The van der Waals surface area contributed by atoms with Crippen molar-refractivity contribution in [3.05, 3.63) is 65.6 Å². The number of aryl methyl sites for hydroxylation is 1. The monoisotopic (exact) mass is 440 g/mol. The van der Waals surface area contributed by atoms with Gasteiger partial charge >= 0.3 is 6.18 Å². The van der Waals surface area contributed by atoms with E-state index < -0.39 is 11.7 Å². The Morgan fingerprint density at radius 1 is 1.06 bits per heavy atom. The van der Waals surface area contributed by atoms with E-state index in [2.05, 4.69) is 26.3 Å². The standard InChI is InChI=1S/C21H15F3N6O2/c1-30-17(12-31-18-7-6-15(10-26-18)21(22,23)24)16(11-27-30)20-29-28-19(32-20)14-4-2-13(3-5-14)8-9-25/h2-7,10-11H,8,12H2,1H3. The number of benzene rings is 1. The minimum atomic E-state index is -4.47. The van der Waals surface area contributed by atoms with Gasteiger partial charge in [0, 0.05) is 24.9 Å². The maximum absolute atomic E-state index is 12.7. The van der Waals surface area contributed by atoms with Gasteiger partial charge in [-0.15, -0.1) is 10.2 Å². The molecule has 0 aliphatic heterocycles. The third kappa shape index (κ3) is 4.44. The van der Waals surface area contributed by atoms with E-state index in [0.29, 0.717) is 35.3 Å². The van der Waals surface area contributed by atoms with Gasteiger partial charge in [-0.1, -0.05) is 12.1 Å². The van der Waals surface area contributed by atoms with Gasteiger partial charge in [-0.05, 0) is 23.8 Å². The van der Waals surface area contributed by atoms with Crippen molar-refractivity contribution >= 4 is 0 Å². The normalized spacial score (nSPS) is 11.3. The van der Waals surface area contributed by atoms with Crippen LogP contribution in [0.5, 0.6) is 5.88 Å². The Balaban J connectivity index is 1.51. The van der Waals surface area contributed by atoms with Gasteiger partial charge in [-0.3, -0.25) is 4.68 Å². The van der Waals surface area contributed by atoms with E-state index in [-0.39, 0.29) is 18.4 Å². The molecule has 11 heteroatoms. The molecule has 0 aliphatic carbocycles. The minimum absolute atomic E-state index is 0.0230. The number of alkyl halides is 3. The summed E-state index contributed by atoms with van der Waals surface area (Å²) in [5, 5.41) is 21.1. The Bertz CT molecular complexity index is 1250. The van der Waals surface area contributed by atoms with E-state index in [1.807, 2.05) is 12.1 Å². The van der Waals surface area contributed by atoms with Gasteiger partial charge in [0.2, 0.25) is 11.8 Å². The van der Waals surface area contributed by atoms with Crippen LogP contribution >= 0.6 is 0 Å². The van der Waals surface area contributed by atoms with Crippen molar-refractivity contribution in [1.29, 1.82) is 5.26 Å². The highest BCUT2D eigenvalue weighted by atomic mass is 19.4. The Morgan fingerprint density at radius 2 is 1.81 bits per heavy atom. The van der Waals surface area contributed by atoms with Crippen molar-refractivity contribution in [3.8, 4) is 34.9 Å². The molecule has 8 nitrogen and oxygen atoms in total. The number of nitrogens with zero attached hydrogens (tertiary/aromatic N) is 6. The molecule has 0 saturated carbocycles. The van der Waals surface area contributed by atoms with Gasteiger partial charge in [0.05, 0.1) is 35.5 Å². The number of halogens is 3. The molecule has 0 amide bonds. The lowest BCUT2D eigenvalue weighted by molar-refractivity contribution is -0.137. The van der Waals surface area contributed by atoms with Crippen molar-refractivity contribution in [2.75, 3.05) is 0 Å². The Hall–Kier alpha value is -4.20. The first-order valence-corrected chi connectivity index (χ1v) is 9.32. The largest absolute Gasteiger partial charge is 0.471 e. The van der Waals surface area contributed by atoms with Crippen LogP contribution in [-0.2, 0) is 26.3 Å². The zero-order chi connectivity index (χ0) is 22.7. The zero-order valence-electron chi connectivity index (χ0n) is 16.7. The van der Waals surface area contributed by atoms with E-state index in [4.69, 9.17) is 14.4 Å². The van der Waals surface area contributed by atoms with E-state index >= 15 is 0 Å². The summed E-state index contributed by atoms with van der Waals surface area (Å²) in [6.45, 7) is -0.0230. The third-order valence-electron chi connectivity index (χ3n) is 4.62. The second kappa shape index (κ2) is 8.50. The summed E-state index contributed by atoms with van der Waals surface area (Å²) in [6, 6.07) is 11.3. The van der Waals surface area contributed by atoms with Crippen LogP contribution in [0.25, 0.3) is 22.9 Å². The van der Waals surface area contributed by atoms with Crippen molar-refractivity contribution in [2.45, 2.75) is 19.2 Å². The van der Waals surface area contributed by atoms with Crippen LogP contribution in [0.2, 0.25) is 0 Å². The van der Waals surface area contributed by atoms with Crippen LogP contribution in [0.1, 0.15) is 16.8 Å². The molecule has 0 radical (unpaired) electrons. The first kappa shape index (κ1) is 21.0. The van der Waals surface area contributed by atoms with Crippen LogP contribution in [0.4, 0.5) is 13.2 Å². The van der Waals surface area contributed by atoms with Crippen molar-refractivity contribution in [1.82, 2.24) is 25.0 Å². The highest BCUT2D eigenvalue weighted by Gasteiger charge is 2.30. The van der Waals surface area contributed by atoms with Crippen LogP contribution in [0.3, 0.4) is 0 Å². The fourth-order valence-corrected chi connectivity index (χ4v) is 2.89. The van der Waals surface area contributed by atoms with Crippen molar-refractivity contribution in [3.63, 3.8) is 0 Å². The topological polar surface area (TPSA) is 103 Å². The molecule has 0 aliphatic rings. The first-order chi connectivity index (χ1) is 15.3. The minimum Gasteiger partial charge on any atom is -0.471 e. The van der Waals surface area contributed by atoms with Crippen molar-refractivity contribution < 1.29 is 22.3 Å². The second-order valence-electron chi connectivity index (χ2n) is 6.74. The van der Waals surface area contributed by atoms with Gasteiger partial charge in [0.15, 0.2) is 0 Å². The number of pyridine rings is 1. The Kier molecular flexibility index (Phi) is 5.59. The lowest BCUT2D eigenvalue weighted by Crippen LogP contribution is -2.07. The molecule has 0 bridgehead atoms. The average molecular weight is 440 g/mol. The van der Waals surface area contributed by atoms with E-state index in [1.54, 1.807) is 23.9 Å². The molecule has 0 saturated heterocycles. The molecule has 4 rings (SSSR count). The summed E-state index contributed by atoms with van der Waals surface area (Å²) in [7, 11) is 1.69.